The number of nitriles is 1. The molecule has 0 atom stereocenters. The molecule has 2 fully saturated rings. The van der Waals surface area contributed by atoms with E-state index in [1.54, 1.807) is 6.08 Å². The quantitative estimate of drug-likeness (QED) is 0.340. The lowest BCUT2D eigenvalue weighted by molar-refractivity contribution is -0.157. The van der Waals surface area contributed by atoms with E-state index in [1.807, 2.05) is 18.2 Å². The van der Waals surface area contributed by atoms with Crippen molar-refractivity contribution < 1.29 is 18.3 Å². The second-order valence-electron chi connectivity index (χ2n) is 8.09. The van der Waals surface area contributed by atoms with E-state index < -0.39 is 5.83 Å². The van der Waals surface area contributed by atoms with Gasteiger partial charge in [-0.3, -0.25) is 4.79 Å². The van der Waals surface area contributed by atoms with Gasteiger partial charge in [-0.2, -0.15) is 9.65 Å². The van der Waals surface area contributed by atoms with Crippen LogP contribution in [0.1, 0.15) is 62.8 Å². The minimum Gasteiger partial charge on any atom is -0.462 e. The third kappa shape index (κ3) is 6.25. The minimum atomic E-state index is -0.798. The summed E-state index contributed by atoms with van der Waals surface area (Å²) in [7, 11) is 0. The van der Waals surface area contributed by atoms with Gasteiger partial charge in [0.05, 0.1) is 5.92 Å². The average molecular weight is 399 g/mol. The van der Waals surface area contributed by atoms with Crippen molar-refractivity contribution in [2.45, 2.75) is 63.4 Å². The van der Waals surface area contributed by atoms with Crippen LogP contribution in [0.2, 0.25) is 0 Å². The molecule has 0 spiro atoms. The first kappa shape index (κ1) is 21.2. The van der Waals surface area contributed by atoms with Gasteiger partial charge in [0.25, 0.3) is 0 Å². The standard InChI is InChI=1S/C24H27F2NO2/c25-21-12-8-18(9-13-21)19-10-14-23(15-11-19)29-24(28)20-6-4-17(5-7-20)2-1-3-22(26)16-27/h1-3,8-9,12-13,17,19-20,23H,4-7,10-11,14-15H2. The molecule has 2 aliphatic carbocycles. The van der Waals surface area contributed by atoms with Crippen LogP contribution in [0.4, 0.5) is 8.78 Å². The van der Waals surface area contributed by atoms with Crippen molar-refractivity contribution in [2.75, 3.05) is 0 Å². The van der Waals surface area contributed by atoms with Gasteiger partial charge >= 0.3 is 5.97 Å². The first-order chi connectivity index (χ1) is 14.0. The molecule has 0 heterocycles. The Balaban J connectivity index is 1.39. The van der Waals surface area contributed by atoms with Gasteiger partial charge in [0.1, 0.15) is 18.0 Å². The van der Waals surface area contributed by atoms with Crippen LogP contribution in [0.25, 0.3) is 0 Å². The SMILES string of the molecule is N#CC(F)=CC=CC1CCC(C(=O)OC2CCC(c3ccc(F)cc3)CC2)CC1. The summed E-state index contributed by atoms with van der Waals surface area (Å²) in [6.45, 7) is 0. The highest BCUT2D eigenvalue weighted by Gasteiger charge is 2.30. The number of rotatable bonds is 5. The van der Waals surface area contributed by atoms with Crippen LogP contribution in [0.15, 0.2) is 48.3 Å². The largest absolute Gasteiger partial charge is 0.462 e. The number of esters is 1. The van der Waals surface area contributed by atoms with Crippen molar-refractivity contribution in [3.05, 3.63) is 59.7 Å². The fourth-order valence-corrected chi connectivity index (χ4v) is 4.39. The van der Waals surface area contributed by atoms with Crippen LogP contribution in [-0.4, -0.2) is 12.1 Å². The summed E-state index contributed by atoms with van der Waals surface area (Å²) in [5.41, 5.74) is 1.16. The van der Waals surface area contributed by atoms with Crippen LogP contribution in [-0.2, 0) is 9.53 Å². The van der Waals surface area contributed by atoms with Gasteiger partial charge in [-0.15, -0.1) is 0 Å². The van der Waals surface area contributed by atoms with Gasteiger partial charge in [-0.05, 0) is 87.0 Å². The van der Waals surface area contributed by atoms with Gasteiger partial charge < -0.3 is 4.74 Å². The Labute approximate surface area is 171 Å². The second-order valence-corrected chi connectivity index (χ2v) is 8.09. The highest BCUT2D eigenvalue weighted by atomic mass is 19.1. The van der Waals surface area contributed by atoms with Crippen molar-refractivity contribution in [1.29, 1.82) is 5.26 Å². The predicted molar refractivity (Wildman–Crippen MR) is 107 cm³/mol. The number of ether oxygens (including phenoxy) is 1. The molecule has 2 aliphatic rings. The lowest BCUT2D eigenvalue weighted by Gasteiger charge is -2.31. The Bertz CT molecular complexity index is 778. The molecule has 0 radical (unpaired) electrons. The molecule has 0 aromatic heterocycles. The number of carbonyl (C=O) groups is 1. The summed E-state index contributed by atoms with van der Waals surface area (Å²) >= 11 is 0. The van der Waals surface area contributed by atoms with Crippen LogP contribution in [0.3, 0.4) is 0 Å². The average Bonchev–Trinajstić information content (AvgIpc) is 2.75. The first-order valence-electron chi connectivity index (χ1n) is 10.4. The Morgan fingerprint density at radius 1 is 1.03 bits per heavy atom. The normalized spacial score (nSPS) is 28.1. The molecule has 0 unspecified atom stereocenters. The molecule has 1 aromatic carbocycles. The third-order valence-corrected chi connectivity index (χ3v) is 6.14. The molecule has 29 heavy (non-hydrogen) atoms. The van der Waals surface area contributed by atoms with Gasteiger partial charge in [0, 0.05) is 0 Å². The molecule has 5 heteroatoms. The number of allylic oxidation sites excluding steroid dienone is 4. The molecular formula is C24H27F2NO2. The minimum absolute atomic E-state index is 0.0177. The van der Waals surface area contributed by atoms with Crippen molar-refractivity contribution in [2.24, 2.45) is 11.8 Å². The zero-order chi connectivity index (χ0) is 20.6. The van der Waals surface area contributed by atoms with Crippen LogP contribution in [0.5, 0.6) is 0 Å². The van der Waals surface area contributed by atoms with E-state index >= 15 is 0 Å². The van der Waals surface area contributed by atoms with E-state index in [0.717, 1.165) is 56.9 Å². The summed E-state index contributed by atoms with van der Waals surface area (Å²) in [5, 5.41) is 8.39. The molecule has 0 amide bonds. The Morgan fingerprint density at radius 2 is 1.69 bits per heavy atom. The molecule has 0 aliphatic heterocycles. The first-order valence-corrected chi connectivity index (χ1v) is 10.4. The van der Waals surface area contributed by atoms with Gasteiger partial charge in [-0.25, -0.2) is 4.39 Å². The van der Waals surface area contributed by atoms with E-state index in [9.17, 15) is 13.6 Å². The summed E-state index contributed by atoms with van der Waals surface area (Å²) in [6.07, 6.45) is 11.6. The van der Waals surface area contributed by atoms with Crippen molar-refractivity contribution in [1.82, 2.24) is 0 Å². The Hall–Kier alpha value is -2.48. The van der Waals surface area contributed by atoms with Crippen molar-refractivity contribution in [3.63, 3.8) is 0 Å². The predicted octanol–water partition coefficient (Wildman–Crippen LogP) is 6.13. The fourth-order valence-electron chi connectivity index (χ4n) is 4.39. The molecule has 154 valence electrons. The highest BCUT2D eigenvalue weighted by Crippen LogP contribution is 2.36. The van der Waals surface area contributed by atoms with E-state index in [-0.39, 0.29) is 23.8 Å². The van der Waals surface area contributed by atoms with Crippen molar-refractivity contribution in [3.8, 4) is 6.07 Å². The van der Waals surface area contributed by atoms with E-state index in [1.165, 1.54) is 24.3 Å². The number of hydrogen-bond donors (Lipinski definition) is 0. The van der Waals surface area contributed by atoms with Gasteiger partial charge in [0.15, 0.2) is 5.83 Å². The molecule has 0 N–H and O–H groups in total. The maximum absolute atomic E-state index is 13.1. The summed E-state index contributed by atoms with van der Waals surface area (Å²) in [4.78, 5) is 12.5. The number of hydrogen-bond acceptors (Lipinski definition) is 3. The number of benzene rings is 1. The van der Waals surface area contributed by atoms with Crippen LogP contribution >= 0.6 is 0 Å². The lowest BCUT2D eigenvalue weighted by atomic mass is 9.81. The molecule has 0 bridgehead atoms. The van der Waals surface area contributed by atoms with E-state index in [2.05, 4.69) is 0 Å². The molecule has 1 aromatic rings. The van der Waals surface area contributed by atoms with Gasteiger partial charge in [0.2, 0.25) is 0 Å². The van der Waals surface area contributed by atoms with Crippen LogP contribution in [0, 0.1) is 29.0 Å². The summed E-state index contributed by atoms with van der Waals surface area (Å²) < 4.78 is 31.6. The Kier molecular flexibility index (Phi) is 7.57. The maximum atomic E-state index is 13.1. The number of nitrogens with zero attached hydrogens (tertiary/aromatic N) is 1. The number of halogens is 2. The molecular weight excluding hydrogens is 372 g/mol. The Morgan fingerprint density at radius 3 is 2.31 bits per heavy atom. The van der Waals surface area contributed by atoms with Crippen LogP contribution < -0.4 is 0 Å². The molecule has 3 nitrogen and oxygen atoms in total. The summed E-state index contributed by atoms with van der Waals surface area (Å²) in [6, 6.07) is 8.15. The summed E-state index contributed by atoms with van der Waals surface area (Å²) in [5.74, 6) is -0.436. The topological polar surface area (TPSA) is 50.1 Å². The molecule has 3 rings (SSSR count). The fraction of sp³-hybridized carbons (Fsp3) is 0.500. The van der Waals surface area contributed by atoms with E-state index in [0.29, 0.717) is 11.8 Å². The number of carbonyl (C=O) groups excluding carboxylic acids is 1. The maximum Gasteiger partial charge on any atom is 0.309 e. The smallest absolute Gasteiger partial charge is 0.309 e. The third-order valence-electron chi connectivity index (χ3n) is 6.14. The zero-order valence-electron chi connectivity index (χ0n) is 16.5. The monoisotopic (exact) mass is 399 g/mol. The highest BCUT2D eigenvalue weighted by molar-refractivity contribution is 5.72. The second kappa shape index (κ2) is 10.3. The van der Waals surface area contributed by atoms with E-state index in [4.69, 9.17) is 10.00 Å². The lowest BCUT2D eigenvalue weighted by Crippen LogP contribution is -2.29. The molecule has 2 saturated carbocycles. The molecule has 0 saturated heterocycles. The van der Waals surface area contributed by atoms with Crippen molar-refractivity contribution >= 4 is 5.97 Å². The van der Waals surface area contributed by atoms with Gasteiger partial charge in [-0.1, -0.05) is 24.3 Å². The zero-order valence-corrected chi connectivity index (χ0v) is 16.5.